The third-order valence-corrected chi connectivity index (χ3v) is 10.5. The molecular formula is C42H76O14. The van der Waals surface area contributed by atoms with Gasteiger partial charge in [-0.25, -0.2) is 0 Å². The number of esters is 3. The second-order valence-corrected chi connectivity index (χ2v) is 14.7. The molecule has 0 amide bonds. The zero-order valence-corrected chi connectivity index (χ0v) is 36.4. The van der Waals surface area contributed by atoms with Crippen LogP contribution in [0.25, 0.3) is 0 Å². The maximum atomic E-state index is 11.7. The smallest absolute Gasteiger partial charge is 0.373 e. The van der Waals surface area contributed by atoms with Crippen molar-refractivity contribution in [2.24, 2.45) is 21.7 Å². The maximum absolute atomic E-state index is 11.7. The SMILES string of the molecule is C=CC[C@@](C)(C(=O)OCC)[C@H](O)CC.C=CC[C@](C)(C(=O)OCC)[C@H](O)CC.CCC1OC(O)C[C@@]1(C)CC.CCOC(=O)[C@@]1(C)CC(O)OC1CC.O=C=O. The lowest BCUT2D eigenvalue weighted by molar-refractivity contribution is -0.192. The minimum Gasteiger partial charge on any atom is -0.465 e. The number of hydrogen-bond donors (Lipinski definition) is 4. The molecule has 2 heterocycles. The number of carbonyl (C=O) groups excluding carboxylic acids is 5. The van der Waals surface area contributed by atoms with Crippen molar-refractivity contribution in [3.05, 3.63) is 25.3 Å². The van der Waals surface area contributed by atoms with Crippen molar-refractivity contribution in [2.75, 3.05) is 19.8 Å². The van der Waals surface area contributed by atoms with E-state index in [0.29, 0.717) is 58.3 Å². The van der Waals surface area contributed by atoms with E-state index in [1.165, 1.54) is 0 Å². The number of hydrogen-bond acceptors (Lipinski definition) is 14. The molecule has 0 spiro atoms. The van der Waals surface area contributed by atoms with E-state index in [1.807, 2.05) is 20.8 Å². The van der Waals surface area contributed by atoms with Gasteiger partial charge in [0.15, 0.2) is 12.6 Å². The van der Waals surface area contributed by atoms with Crippen LogP contribution in [0.1, 0.15) is 141 Å². The van der Waals surface area contributed by atoms with Gasteiger partial charge in [0, 0.05) is 12.8 Å². The van der Waals surface area contributed by atoms with Crippen molar-refractivity contribution in [3.8, 4) is 0 Å². The molecular weight excluding hydrogens is 728 g/mol. The number of rotatable bonds is 17. The summed E-state index contributed by atoms with van der Waals surface area (Å²) in [4.78, 5) is 51.2. The van der Waals surface area contributed by atoms with Crippen LogP contribution in [0.2, 0.25) is 0 Å². The van der Waals surface area contributed by atoms with Gasteiger partial charge in [0.25, 0.3) is 0 Å². The van der Waals surface area contributed by atoms with Crippen LogP contribution < -0.4 is 0 Å². The molecule has 4 N–H and O–H groups in total. The lowest BCUT2D eigenvalue weighted by Crippen LogP contribution is -2.40. The summed E-state index contributed by atoms with van der Waals surface area (Å²) in [6.45, 7) is 30.8. The summed E-state index contributed by atoms with van der Waals surface area (Å²) >= 11 is 0. The predicted octanol–water partition coefficient (Wildman–Crippen LogP) is 6.22. The van der Waals surface area contributed by atoms with Crippen LogP contribution in [0.3, 0.4) is 0 Å². The first-order chi connectivity index (χ1) is 26.1. The van der Waals surface area contributed by atoms with Gasteiger partial charge >= 0.3 is 24.1 Å². The predicted molar refractivity (Wildman–Crippen MR) is 211 cm³/mol. The molecule has 0 aromatic rings. The standard InChI is InChI=1S/2C11H20O3.C10H18O4.C9H18O2.CO2/c2*1-5-8-11(4,9(12)6-2)10(13)14-7-3;1-4-7-10(3,6-8(11)14-7)9(12)13-5-2;1-4-7-9(3,5-2)6-8(10)11-7;2-1-3/h2*5,9,12H,1,6-8H2,2-4H3;7-8,11H,4-6H2,1-3H3;7-8,10H,4-6H2,1-3H3;/t9-,11+;9-,11-;7?,8?,10-;7?,8?,9-;/m1101./s1. The Hall–Kier alpha value is -2.97. The van der Waals surface area contributed by atoms with Crippen molar-refractivity contribution < 1.29 is 68.1 Å². The van der Waals surface area contributed by atoms with Crippen LogP contribution in [0.4, 0.5) is 0 Å². The highest BCUT2D eigenvalue weighted by Gasteiger charge is 2.50. The van der Waals surface area contributed by atoms with Crippen LogP contribution >= 0.6 is 0 Å². The second-order valence-electron chi connectivity index (χ2n) is 14.7. The average molecular weight is 805 g/mol. The van der Waals surface area contributed by atoms with E-state index in [0.717, 1.165) is 19.3 Å². The Balaban J connectivity index is -0.000000654. The molecule has 0 radical (unpaired) electrons. The minimum atomic E-state index is -0.855. The minimum absolute atomic E-state index is 0.203. The Morgan fingerprint density at radius 1 is 0.732 bits per heavy atom. The van der Waals surface area contributed by atoms with Gasteiger partial charge < -0.3 is 44.1 Å². The molecule has 14 heteroatoms. The van der Waals surface area contributed by atoms with Crippen LogP contribution in [0, 0.1) is 21.7 Å². The van der Waals surface area contributed by atoms with Gasteiger partial charge in [-0.15, -0.1) is 13.2 Å². The summed E-state index contributed by atoms with van der Waals surface area (Å²) in [6, 6.07) is 0. The highest BCUT2D eigenvalue weighted by molar-refractivity contribution is 5.78. The average Bonchev–Trinajstić information content (AvgIpc) is 3.64. The molecule has 14 nitrogen and oxygen atoms in total. The Morgan fingerprint density at radius 3 is 1.38 bits per heavy atom. The highest BCUT2D eigenvalue weighted by atomic mass is 16.6. The zero-order valence-electron chi connectivity index (χ0n) is 36.4. The fraction of sp³-hybridized carbons (Fsp3) is 0.810. The largest absolute Gasteiger partial charge is 0.465 e. The molecule has 10 atom stereocenters. The van der Waals surface area contributed by atoms with Gasteiger partial charge in [0.2, 0.25) is 0 Å². The van der Waals surface area contributed by atoms with E-state index >= 15 is 0 Å². The van der Waals surface area contributed by atoms with Crippen LogP contribution in [-0.4, -0.2) is 101 Å². The van der Waals surface area contributed by atoms with E-state index in [-0.39, 0.29) is 41.7 Å². The van der Waals surface area contributed by atoms with Gasteiger partial charge in [-0.05, 0) is 91.9 Å². The third kappa shape index (κ3) is 17.7. The van der Waals surface area contributed by atoms with Crippen molar-refractivity contribution in [1.82, 2.24) is 0 Å². The summed E-state index contributed by atoms with van der Waals surface area (Å²) < 4.78 is 25.5. The number of carbonyl (C=O) groups is 3. The van der Waals surface area contributed by atoms with Crippen molar-refractivity contribution in [3.63, 3.8) is 0 Å². The summed E-state index contributed by atoms with van der Waals surface area (Å²) in [5.74, 6) is -0.980. The Bertz CT molecular complexity index is 1130. The van der Waals surface area contributed by atoms with E-state index in [9.17, 15) is 34.8 Å². The molecule has 0 aromatic heterocycles. The molecule has 2 fully saturated rings. The first kappa shape index (κ1) is 57.4. The second kappa shape index (κ2) is 29.3. The molecule has 4 unspecified atom stereocenters. The van der Waals surface area contributed by atoms with E-state index in [2.05, 4.69) is 33.9 Å². The van der Waals surface area contributed by atoms with Crippen molar-refractivity contribution >= 4 is 24.1 Å². The van der Waals surface area contributed by atoms with Gasteiger partial charge in [-0.2, -0.15) is 9.59 Å². The molecule has 328 valence electrons. The molecule has 2 aliphatic rings. The zero-order chi connectivity index (χ0) is 44.3. The maximum Gasteiger partial charge on any atom is 0.373 e. The summed E-state index contributed by atoms with van der Waals surface area (Å²) in [6.07, 6.45) is 6.64. The Labute approximate surface area is 336 Å². The number of allylic oxidation sites excluding steroid dienone is 2. The fourth-order valence-corrected chi connectivity index (χ4v) is 6.64. The Morgan fingerprint density at radius 2 is 1.09 bits per heavy atom. The number of aliphatic hydroxyl groups excluding tert-OH is 4. The van der Waals surface area contributed by atoms with Gasteiger partial charge in [0.05, 0.1) is 60.5 Å². The summed E-state index contributed by atoms with van der Waals surface area (Å²) in [5.41, 5.74) is -2.20. The fourth-order valence-electron chi connectivity index (χ4n) is 6.64. The summed E-state index contributed by atoms with van der Waals surface area (Å²) in [5, 5.41) is 38.1. The molecule has 2 rings (SSSR count). The van der Waals surface area contributed by atoms with Crippen molar-refractivity contribution in [2.45, 2.75) is 178 Å². The van der Waals surface area contributed by atoms with Gasteiger partial charge in [-0.3, -0.25) is 14.4 Å². The molecule has 2 saturated heterocycles. The molecule has 2 aliphatic heterocycles. The monoisotopic (exact) mass is 805 g/mol. The van der Waals surface area contributed by atoms with Crippen LogP contribution in [0.15, 0.2) is 25.3 Å². The van der Waals surface area contributed by atoms with Crippen LogP contribution in [0.5, 0.6) is 0 Å². The lowest BCUT2D eigenvalue weighted by Gasteiger charge is -2.30. The van der Waals surface area contributed by atoms with E-state index < -0.39 is 41.0 Å². The first-order valence-corrected chi connectivity index (χ1v) is 19.9. The topological polar surface area (TPSA) is 212 Å². The summed E-state index contributed by atoms with van der Waals surface area (Å²) in [7, 11) is 0. The van der Waals surface area contributed by atoms with E-state index in [4.69, 9.17) is 33.3 Å². The van der Waals surface area contributed by atoms with Crippen molar-refractivity contribution in [1.29, 1.82) is 0 Å². The molecule has 56 heavy (non-hydrogen) atoms. The van der Waals surface area contributed by atoms with E-state index in [1.54, 1.807) is 53.7 Å². The highest BCUT2D eigenvalue weighted by Crippen LogP contribution is 2.42. The third-order valence-electron chi connectivity index (χ3n) is 10.5. The molecule has 0 aromatic carbocycles. The first-order valence-electron chi connectivity index (χ1n) is 19.9. The Kier molecular flexibility index (Phi) is 30.0. The lowest BCUT2D eigenvalue weighted by atomic mass is 9.79. The normalized spacial score (nSPS) is 26.6. The molecule has 0 aliphatic carbocycles. The van der Waals surface area contributed by atoms with Gasteiger partial charge in [0.1, 0.15) is 0 Å². The number of aliphatic hydroxyl groups is 4. The quantitative estimate of drug-likeness (QED) is 0.0731. The van der Waals surface area contributed by atoms with Crippen LogP contribution in [-0.2, 0) is 47.7 Å². The van der Waals surface area contributed by atoms with Gasteiger partial charge in [-0.1, -0.05) is 53.7 Å². The number of ether oxygens (including phenoxy) is 5. The molecule has 0 saturated carbocycles. The molecule has 0 bridgehead atoms.